The van der Waals surface area contributed by atoms with Crippen LogP contribution in [0, 0.1) is 11.6 Å². The van der Waals surface area contributed by atoms with Gasteiger partial charge < -0.3 is 10.2 Å². The molecule has 0 unspecified atom stereocenters. The first kappa shape index (κ1) is 12.7. The van der Waals surface area contributed by atoms with Crippen molar-refractivity contribution < 1.29 is 13.2 Å². The summed E-state index contributed by atoms with van der Waals surface area (Å²) in [6.45, 7) is 1.92. The number of hydrogen-bond acceptors (Lipinski definition) is 2. The molecule has 2 nitrogen and oxygen atoms in total. The average molecular weight is 273 g/mol. The van der Waals surface area contributed by atoms with Gasteiger partial charge in [0.15, 0.2) is 0 Å². The van der Waals surface area contributed by atoms with Crippen LogP contribution in [0.1, 0.15) is 12.7 Å². The van der Waals surface area contributed by atoms with E-state index in [1.807, 2.05) is 31.2 Å². The number of nitrogens with two attached hydrogens (primary N) is 1. The molecule has 0 aliphatic carbocycles. The number of benzene rings is 2. The lowest BCUT2D eigenvalue weighted by Gasteiger charge is -2.06. The van der Waals surface area contributed by atoms with Crippen molar-refractivity contribution in [3.05, 3.63) is 53.8 Å². The maximum Gasteiger partial charge on any atom is 0.149 e. The van der Waals surface area contributed by atoms with Crippen LogP contribution in [-0.2, 0) is 6.42 Å². The number of aryl methyl sites for hydroxylation is 1. The molecule has 0 aliphatic heterocycles. The molecule has 102 valence electrons. The second-order valence-corrected chi connectivity index (χ2v) is 4.60. The smallest absolute Gasteiger partial charge is 0.149 e. The third-order valence-electron chi connectivity index (χ3n) is 3.35. The predicted molar refractivity (Wildman–Crippen MR) is 75.4 cm³/mol. The molecule has 0 saturated heterocycles. The van der Waals surface area contributed by atoms with Gasteiger partial charge in [-0.3, -0.25) is 0 Å². The van der Waals surface area contributed by atoms with Crippen molar-refractivity contribution in [1.29, 1.82) is 0 Å². The van der Waals surface area contributed by atoms with Crippen LogP contribution in [0.3, 0.4) is 0 Å². The minimum atomic E-state index is -0.753. The van der Waals surface area contributed by atoms with Crippen molar-refractivity contribution in [1.82, 2.24) is 0 Å². The van der Waals surface area contributed by atoms with E-state index in [0.717, 1.165) is 11.5 Å². The highest BCUT2D eigenvalue weighted by Crippen LogP contribution is 2.37. The lowest BCUT2D eigenvalue weighted by molar-refractivity contribution is 0.556. The van der Waals surface area contributed by atoms with Crippen molar-refractivity contribution in [2.75, 3.05) is 5.73 Å². The number of rotatable bonds is 2. The van der Waals surface area contributed by atoms with Crippen molar-refractivity contribution in [2.24, 2.45) is 0 Å². The fraction of sp³-hybridized carbons (Fsp3) is 0.125. The Hall–Kier alpha value is -2.36. The normalized spacial score (nSPS) is 11.2. The zero-order valence-corrected chi connectivity index (χ0v) is 10.9. The Morgan fingerprint density at radius 3 is 2.60 bits per heavy atom. The van der Waals surface area contributed by atoms with Gasteiger partial charge in [-0.2, -0.15) is 0 Å². The van der Waals surface area contributed by atoms with E-state index in [9.17, 15) is 8.78 Å². The summed E-state index contributed by atoms with van der Waals surface area (Å²) in [5, 5.41) is 0.800. The SMILES string of the molecule is CCc1oc2ccccc2c1-c1cc(N)c(F)cc1F. The van der Waals surface area contributed by atoms with E-state index in [4.69, 9.17) is 10.2 Å². The molecule has 0 aliphatic rings. The van der Waals surface area contributed by atoms with Gasteiger partial charge in [0, 0.05) is 29.0 Å². The lowest BCUT2D eigenvalue weighted by Crippen LogP contribution is -1.95. The van der Waals surface area contributed by atoms with Crippen molar-refractivity contribution in [2.45, 2.75) is 13.3 Å². The highest BCUT2D eigenvalue weighted by atomic mass is 19.1. The van der Waals surface area contributed by atoms with Crippen LogP contribution in [0.25, 0.3) is 22.1 Å². The van der Waals surface area contributed by atoms with Gasteiger partial charge in [-0.25, -0.2) is 8.78 Å². The molecule has 20 heavy (non-hydrogen) atoms. The Kier molecular flexibility index (Phi) is 2.93. The Morgan fingerprint density at radius 2 is 1.85 bits per heavy atom. The average Bonchev–Trinajstić information content (AvgIpc) is 2.81. The standard InChI is InChI=1S/C16H13F2NO/c1-2-14-16(9-5-3-4-6-15(9)20-14)10-7-13(19)12(18)8-11(10)17/h3-8H,2,19H2,1H3. The highest BCUT2D eigenvalue weighted by Gasteiger charge is 2.19. The lowest BCUT2D eigenvalue weighted by atomic mass is 9.99. The third kappa shape index (κ3) is 1.84. The number of para-hydroxylation sites is 1. The molecule has 0 atom stereocenters. The van der Waals surface area contributed by atoms with E-state index in [-0.39, 0.29) is 11.3 Å². The van der Waals surface area contributed by atoms with Crippen LogP contribution in [0.2, 0.25) is 0 Å². The van der Waals surface area contributed by atoms with E-state index in [2.05, 4.69) is 0 Å². The van der Waals surface area contributed by atoms with E-state index in [0.29, 0.717) is 23.3 Å². The van der Waals surface area contributed by atoms with Crippen molar-refractivity contribution in [3.63, 3.8) is 0 Å². The zero-order valence-electron chi connectivity index (χ0n) is 10.9. The first-order valence-electron chi connectivity index (χ1n) is 6.37. The fourth-order valence-corrected chi connectivity index (χ4v) is 2.40. The van der Waals surface area contributed by atoms with E-state index < -0.39 is 11.6 Å². The third-order valence-corrected chi connectivity index (χ3v) is 3.35. The zero-order chi connectivity index (χ0) is 14.3. The summed E-state index contributed by atoms with van der Waals surface area (Å²) in [5.41, 5.74) is 7.08. The quantitative estimate of drug-likeness (QED) is 0.697. The largest absolute Gasteiger partial charge is 0.460 e. The number of fused-ring (bicyclic) bond motifs is 1. The van der Waals surface area contributed by atoms with Gasteiger partial charge in [-0.05, 0) is 12.1 Å². The second-order valence-electron chi connectivity index (χ2n) is 4.60. The molecule has 2 N–H and O–H groups in total. The van der Waals surface area contributed by atoms with Crippen LogP contribution in [0.4, 0.5) is 14.5 Å². The monoisotopic (exact) mass is 273 g/mol. The number of halogens is 2. The van der Waals surface area contributed by atoms with Gasteiger partial charge in [0.25, 0.3) is 0 Å². The maximum atomic E-state index is 14.1. The number of anilines is 1. The summed E-state index contributed by atoms with van der Waals surface area (Å²) in [7, 11) is 0. The van der Waals surface area contributed by atoms with Gasteiger partial charge >= 0.3 is 0 Å². The summed E-state index contributed by atoms with van der Waals surface area (Å²) in [6, 6.07) is 9.51. The van der Waals surface area contributed by atoms with E-state index in [1.54, 1.807) is 0 Å². The summed E-state index contributed by atoms with van der Waals surface area (Å²) < 4.78 is 33.1. The number of hydrogen-bond donors (Lipinski definition) is 1. The topological polar surface area (TPSA) is 39.2 Å². The van der Waals surface area contributed by atoms with E-state index >= 15 is 0 Å². The fourth-order valence-electron chi connectivity index (χ4n) is 2.40. The molecule has 1 aromatic heterocycles. The molecule has 0 amide bonds. The maximum absolute atomic E-state index is 14.1. The van der Waals surface area contributed by atoms with E-state index in [1.165, 1.54) is 6.07 Å². The Morgan fingerprint density at radius 1 is 1.10 bits per heavy atom. The summed E-state index contributed by atoms with van der Waals surface area (Å²) in [5.74, 6) is -0.730. The van der Waals surface area contributed by atoms with Crippen LogP contribution < -0.4 is 5.73 Å². The van der Waals surface area contributed by atoms with Gasteiger partial charge in [-0.15, -0.1) is 0 Å². The molecule has 4 heteroatoms. The number of nitrogen functional groups attached to an aromatic ring is 1. The molecule has 0 spiro atoms. The van der Waals surface area contributed by atoms with Crippen molar-refractivity contribution in [3.8, 4) is 11.1 Å². The molecule has 0 bridgehead atoms. The van der Waals surface area contributed by atoms with Crippen LogP contribution in [-0.4, -0.2) is 0 Å². The summed E-state index contributed by atoms with van der Waals surface area (Å²) >= 11 is 0. The van der Waals surface area contributed by atoms with Gasteiger partial charge in [0.05, 0.1) is 5.69 Å². The van der Waals surface area contributed by atoms with Gasteiger partial charge in [0.1, 0.15) is 23.0 Å². The molecule has 2 aromatic carbocycles. The number of furan rings is 1. The van der Waals surface area contributed by atoms with Crippen LogP contribution in [0.15, 0.2) is 40.8 Å². The van der Waals surface area contributed by atoms with Crippen LogP contribution >= 0.6 is 0 Å². The molecule has 0 radical (unpaired) electrons. The Balaban J connectivity index is 2.36. The molecule has 0 fully saturated rings. The first-order valence-corrected chi connectivity index (χ1v) is 6.37. The molecular formula is C16H13F2NO. The van der Waals surface area contributed by atoms with Crippen molar-refractivity contribution >= 4 is 16.7 Å². The van der Waals surface area contributed by atoms with Crippen LogP contribution in [0.5, 0.6) is 0 Å². The van der Waals surface area contributed by atoms with Gasteiger partial charge in [-0.1, -0.05) is 25.1 Å². The molecular weight excluding hydrogens is 260 g/mol. The molecule has 3 rings (SSSR count). The summed E-state index contributed by atoms with van der Waals surface area (Å²) in [4.78, 5) is 0. The summed E-state index contributed by atoms with van der Waals surface area (Å²) in [6.07, 6.45) is 0.612. The molecule has 3 aromatic rings. The predicted octanol–water partition coefficient (Wildman–Crippen LogP) is 4.52. The highest BCUT2D eigenvalue weighted by molar-refractivity contribution is 5.96. The minimum Gasteiger partial charge on any atom is -0.460 e. The first-order chi connectivity index (χ1) is 9.61. The Bertz CT molecular complexity index is 793. The van der Waals surface area contributed by atoms with Gasteiger partial charge in [0.2, 0.25) is 0 Å². The minimum absolute atomic E-state index is 0.0752. The second kappa shape index (κ2) is 4.63. The Labute approximate surface area is 114 Å². The molecule has 1 heterocycles. The molecule has 0 saturated carbocycles.